The summed E-state index contributed by atoms with van der Waals surface area (Å²) in [6.45, 7) is 5.93. The van der Waals surface area contributed by atoms with Gasteiger partial charge in [0.15, 0.2) is 0 Å². The number of piperazine rings is 1. The Morgan fingerprint density at radius 3 is 2.38 bits per heavy atom. The number of carbonyl (C=O) groups is 1. The maximum atomic E-state index is 13.8. The van der Waals surface area contributed by atoms with E-state index >= 15 is 0 Å². The van der Waals surface area contributed by atoms with Crippen LogP contribution in [0.3, 0.4) is 0 Å². The zero-order chi connectivity index (χ0) is 17.0. The Kier molecular flexibility index (Phi) is 7.59. The quantitative estimate of drug-likeness (QED) is 0.799. The lowest BCUT2D eigenvalue weighted by molar-refractivity contribution is -0.134. The first-order valence-electron chi connectivity index (χ1n) is 7.59. The average Bonchev–Trinajstić information content (AvgIpc) is 2.53. The minimum atomic E-state index is -4.11. The summed E-state index contributed by atoms with van der Waals surface area (Å²) < 4.78 is 41.0. The van der Waals surface area contributed by atoms with E-state index in [1.807, 2.05) is 0 Å². The fraction of sp³-hybridized carbons (Fsp3) is 0.533. The molecule has 1 aromatic carbocycles. The van der Waals surface area contributed by atoms with E-state index < -0.39 is 26.8 Å². The van der Waals surface area contributed by atoms with Crippen LogP contribution in [0, 0.1) is 11.7 Å². The molecule has 2 rings (SSSR count). The van der Waals surface area contributed by atoms with E-state index in [9.17, 15) is 17.6 Å². The van der Waals surface area contributed by atoms with Crippen LogP contribution in [0.25, 0.3) is 0 Å². The smallest absolute Gasteiger partial charge is 0.244 e. The molecule has 1 saturated heterocycles. The Morgan fingerprint density at radius 1 is 1.25 bits per heavy atom. The molecule has 0 aromatic heterocycles. The third-order valence-corrected chi connectivity index (χ3v) is 5.24. The molecule has 1 atom stereocenters. The Bertz CT molecular complexity index is 664. The number of halogens is 2. The lowest BCUT2D eigenvalue weighted by Gasteiger charge is -2.32. The third-order valence-electron chi connectivity index (χ3n) is 3.77. The maximum absolute atomic E-state index is 13.8. The molecule has 1 aromatic rings. The molecular weight excluding hydrogens is 357 g/mol. The van der Waals surface area contributed by atoms with E-state index in [0.29, 0.717) is 26.2 Å². The van der Waals surface area contributed by atoms with Gasteiger partial charge in [0.2, 0.25) is 15.9 Å². The summed E-state index contributed by atoms with van der Waals surface area (Å²) in [7, 11) is -4.11. The van der Waals surface area contributed by atoms with Gasteiger partial charge < -0.3 is 10.2 Å². The van der Waals surface area contributed by atoms with E-state index in [1.54, 1.807) is 18.7 Å². The summed E-state index contributed by atoms with van der Waals surface area (Å²) in [5, 5.41) is 3.14. The monoisotopic (exact) mass is 379 g/mol. The fourth-order valence-electron chi connectivity index (χ4n) is 2.45. The highest BCUT2D eigenvalue weighted by atomic mass is 35.5. The van der Waals surface area contributed by atoms with Crippen molar-refractivity contribution in [2.45, 2.75) is 24.8 Å². The molecule has 1 aliphatic heterocycles. The van der Waals surface area contributed by atoms with E-state index in [4.69, 9.17) is 0 Å². The van der Waals surface area contributed by atoms with Crippen LogP contribution in [-0.2, 0) is 14.8 Å². The lowest BCUT2D eigenvalue weighted by atomic mass is 10.0. The lowest BCUT2D eigenvalue weighted by Crippen LogP contribution is -2.55. The van der Waals surface area contributed by atoms with Gasteiger partial charge in [0.05, 0.1) is 0 Å². The molecule has 1 unspecified atom stereocenters. The molecule has 1 aliphatic rings. The number of hydrogen-bond donors (Lipinski definition) is 2. The summed E-state index contributed by atoms with van der Waals surface area (Å²) in [5.74, 6) is -1.36. The van der Waals surface area contributed by atoms with E-state index in [-0.39, 0.29) is 24.2 Å². The number of carbonyl (C=O) groups excluding carboxylic acids is 1. The summed E-state index contributed by atoms with van der Waals surface area (Å²) in [5.41, 5.74) is 0. The van der Waals surface area contributed by atoms with E-state index in [1.165, 1.54) is 18.2 Å². The second-order valence-electron chi connectivity index (χ2n) is 5.85. The van der Waals surface area contributed by atoms with Crippen LogP contribution < -0.4 is 10.0 Å². The molecule has 0 aliphatic carbocycles. The second-order valence-corrected chi connectivity index (χ2v) is 7.53. The highest BCUT2D eigenvalue weighted by Gasteiger charge is 2.32. The van der Waals surface area contributed by atoms with Gasteiger partial charge in [-0.25, -0.2) is 12.8 Å². The van der Waals surface area contributed by atoms with Crippen LogP contribution in [0.4, 0.5) is 4.39 Å². The molecule has 0 saturated carbocycles. The molecule has 2 N–H and O–H groups in total. The number of hydrogen-bond acceptors (Lipinski definition) is 4. The van der Waals surface area contributed by atoms with Gasteiger partial charge in [-0.2, -0.15) is 4.72 Å². The zero-order valence-corrected chi connectivity index (χ0v) is 15.3. The van der Waals surface area contributed by atoms with Gasteiger partial charge >= 0.3 is 0 Å². The number of nitrogens with zero attached hydrogens (tertiary/aromatic N) is 1. The molecule has 9 heteroatoms. The highest BCUT2D eigenvalue weighted by Crippen LogP contribution is 2.16. The normalized spacial score (nSPS) is 16.6. The van der Waals surface area contributed by atoms with Crippen LogP contribution in [0.15, 0.2) is 29.2 Å². The number of amides is 1. The molecule has 6 nitrogen and oxygen atoms in total. The summed E-state index contributed by atoms with van der Waals surface area (Å²) >= 11 is 0. The van der Waals surface area contributed by atoms with Crippen molar-refractivity contribution in [1.29, 1.82) is 0 Å². The summed E-state index contributed by atoms with van der Waals surface area (Å²) in [4.78, 5) is 13.8. The van der Waals surface area contributed by atoms with Crippen LogP contribution in [0.2, 0.25) is 0 Å². The van der Waals surface area contributed by atoms with Gasteiger partial charge in [0, 0.05) is 26.2 Å². The van der Waals surface area contributed by atoms with Crippen LogP contribution in [0.5, 0.6) is 0 Å². The standard InChI is InChI=1S/C15H22FN3O3S.ClH/c1-11(2)14(15(20)19-9-7-17-8-10-19)18-23(21,22)13-6-4-3-5-12(13)16;/h3-6,11,14,17-18H,7-10H2,1-2H3;1H. The largest absolute Gasteiger partial charge is 0.339 e. The van der Waals surface area contributed by atoms with Gasteiger partial charge in [0.1, 0.15) is 16.8 Å². The second kappa shape index (κ2) is 8.75. The van der Waals surface area contributed by atoms with Crippen molar-refractivity contribution >= 4 is 28.3 Å². The maximum Gasteiger partial charge on any atom is 0.244 e. The van der Waals surface area contributed by atoms with Crippen LogP contribution in [-0.4, -0.2) is 51.4 Å². The number of benzene rings is 1. The molecule has 1 heterocycles. The van der Waals surface area contributed by atoms with Gasteiger partial charge in [-0.15, -0.1) is 12.4 Å². The van der Waals surface area contributed by atoms with Gasteiger partial charge in [-0.1, -0.05) is 26.0 Å². The summed E-state index contributed by atoms with van der Waals surface area (Å²) in [6, 6.07) is 4.21. The molecule has 0 bridgehead atoms. The minimum absolute atomic E-state index is 0. The molecule has 136 valence electrons. The van der Waals surface area contributed by atoms with Gasteiger partial charge in [-0.3, -0.25) is 4.79 Å². The molecule has 1 fully saturated rings. The van der Waals surface area contributed by atoms with Gasteiger partial charge in [0.25, 0.3) is 0 Å². The average molecular weight is 380 g/mol. The first kappa shape index (κ1) is 20.8. The Labute approximate surface area is 148 Å². The van der Waals surface area contributed by atoms with Crippen molar-refractivity contribution < 1.29 is 17.6 Å². The first-order valence-corrected chi connectivity index (χ1v) is 9.07. The highest BCUT2D eigenvalue weighted by molar-refractivity contribution is 7.89. The number of rotatable bonds is 5. The van der Waals surface area contributed by atoms with E-state index in [0.717, 1.165) is 6.07 Å². The predicted octanol–water partition coefficient (Wildman–Crippen LogP) is 0.982. The minimum Gasteiger partial charge on any atom is -0.339 e. The fourth-order valence-corrected chi connectivity index (χ4v) is 3.86. The van der Waals surface area contributed by atoms with Crippen molar-refractivity contribution in [3.8, 4) is 0 Å². The van der Waals surface area contributed by atoms with Crippen molar-refractivity contribution in [2.24, 2.45) is 5.92 Å². The number of nitrogens with one attached hydrogen (secondary N) is 2. The Hall–Kier alpha value is -1.22. The predicted molar refractivity (Wildman–Crippen MR) is 92.0 cm³/mol. The molecule has 0 radical (unpaired) electrons. The van der Waals surface area contributed by atoms with Crippen molar-refractivity contribution in [1.82, 2.24) is 14.9 Å². The van der Waals surface area contributed by atoms with E-state index in [2.05, 4.69) is 10.0 Å². The van der Waals surface area contributed by atoms with Crippen LogP contribution >= 0.6 is 12.4 Å². The van der Waals surface area contributed by atoms with Crippen molar-refractivity contribution in [2.75, 3.05) is 26.2 Å². The number of sulfonamides is 1. The van der Waals surface area contributed by atoms with Crippen molar-refractivity contribution in [3.05, 3.63) is 30.1 Å². The van der Waals surface area contributed by atoms with Crippen LogP contribution in [0.1, 0.15) is 13.8 Å². The Morgan fingerprint density at radius 2 is 1.83 bits per heavy atom. The first-order chi connectivity index (χ1) is 10.8. The zero-order valence-electron chi connectivity index (χ0n) is 13.7. The Balaban J connectivity index is 0.00000288. The molecule has 24 heavy (non-hydrogen) atoms. The van der Waals surface area contributed by atoms with Gasteiger partial charge in [-0.05, 0) is 18.1 Å². The molecule has 0 spiro atoms. The third kappa shape index (κ3) is 4.89. The molecule has 1 amide bonds. The summed E-state index contributed by atoms with van der Waals surface area (Å²) in [6.07, 6.45) is 0. The van der Waals surface area contributed by atoms with Crippen molar-refractivity contribution in [3.63, 3.8) is 0 Å². The topological polar surface area (TPSA) is 78.5 Å². The molecular formula is C15H23ClFN3O3S. The SMILES string of the molecule is CC(C)C(NS(=O)(=O)c1ccccc1F)C(=O)N1CCNCC1.Cl.